The number of nitrogens with two attached hydrogens (primary N) is 1. The molecule has 0 saturated heterocycles. The molecule has 4 heteroatoms. The molecule has 0 atom stereocenters. The number of fused-ring (bicyclic) bond motifs is 1. The van der Waals surface area contributed by atoms with Crippen LogP contribution >= 0.6 is 11.3 Å². The maximum absolute atomic E-state index is 12.4. The van der Waals surface area contributed by atoms with Gasteiger partial charge in [0.1, 0.15) is 0 Å². The zero-order valence-corrected chi connectivity index (χ0v) is 12.5. The molecule has 0 unspecified atom stereocenters. The number of rotatable bonds is 3. The maximum atomic E-state index is 12.4. The molecule has 21 heavy (non-hydrogen) atoms. The average Bonchev–Trinajstić information content (AvgIpc) is 2.91. The number of amides is 1. The van der Waals surface area contributed by atoms with Crippen LogP contribution in [0.1, 0.15) is 22.8 Å². The number of hydrogen-bond donors (Lipinski definition) is 2. The first-order valence-electron chi connectivity index (χ1n) is 6.85. The lowest BCUT2D eigenvalue weighted by atomic mass is 10.1. The minimum atomic E-state index is -0.101. The summed E-state index contributed by atoms with van der Waals surface area (Å²) >= 11 is 1.58. The van der Waals surface area contributed by atoms with Crippen molar-refractivity contribution in [1.82, 2.24) is 0 Å². The smallest absolute Gasteiger partial charge is 0.257 e. The summed E-state index contributed by atoms with van der Waals surface area (Å²) in [6, 6.07) is 13.6. The van der Waals surface area contributed by atoms with E-state index in [4.69, 9.17) is 5.73 Å². The number of carbonyl (C=O) groups is 1. The number of anilines is 2. The van der Waals surface area contributed by atoms with E-state index in [0.717, 1.165) is 27.8 Å². The molecule has 106 valence electrons. The fraction of sp³-hybridized carbons (Fsp3) is 0.118. The first-order valence-corrected chi connectivity index (χ1v) is 7.73. The second-order valence-electron chi connectivity index (χ2n) is 4.87. The predicted octanol–water partition coefficient (Wildman–Crippen LogP) is 4.30. The van der Waals surface area contributed by atoms with Gasteiger partial charge in [-0.3, -0.25) is 4.79 Å². The Kier molecular flexibility index (Phi) is 3.62. The van der Waals surface area contributed by atoms with Crippen LogP contribution in [0.4, 0.5) is 11.4 Å². The van der Waals surface area contributed by atoms with Crippen molar-refractivity contribution in [2.24, 2.45) is 0 Å². The Morgan fingerprint density at radius 1 is 1.24 bits per heavy atom. The Hall–Kier alpha value is -2.33. The third-order valence-electron chi connectivity index (χ3n) is 3.51. The zero-order chi connectivity index (χ0) is 14.8. The molecule has 0 saturated carbocycles. The Bertz CT molecular complexity index is 807. The zero-order valence-electron chi connectivity index (χ0n) is 11.7. The molecule has 1 amide bonds. The minimum absolute atomic E-state index is 0.101. The van der Waals surface area contributed by atoms with Crippen molar-refractivity contribution in [2.75, 3.05) is 11.1 Å². The quantitative estimate of drug-likeness (QED) is 0.708. The summed E-state index contributed by atoms with van der Waals surface area (Å²) in [7, 11) is 0. The lowest BCUT2D eigenvalue weighted by Gasteiger charge is -2.08. The van der Waals surface area contributed by atoms with E-state index < -0.39 is 0 Å². The SMILES string of the molecule is CCc1ccc(NC(=O)c2csc3ccccc23)cc1N. The number of aryl methyl sites for hydroxylation is 1. The van der Waals surface area contributed by atoms with Gasteiger partial charge in [-0.2, -0.15) is 0 Å². The van der Waals surface area contributed by atoms with E-state index in [1.54, 1.807) is 11.3 Å². The third kappa shape index (κ3) is 2.62. The van der Waals surface area contributed by atoms with Gasteiger partial charge in [-0.05, 0) is 30.2 Å². The van der Waals surface area contributed by atoms with Crippen LogP contribution in [-0.2, 0) is 6.42 Å². The number of carbonyl (C=O) groups excluding carboxylic acids is 1. The summed E-state index contributed by atoms with van der Waals surface area (Å²) in [5, 5.41) is 5.79. The van der Waals surface area contributed by atoms with Gasteiger partial charge in [0.05, 0.1) is 5.56 Å². The molecular weight excluding hydrogens is 280 g/mol. The van der Waals surface area contributed by atoms with E-state index in [1.165, 1.54) is 0 Å². The molecule has 0 aliphatic carbocycles. The van der Waals surface area contributed by atoms with Crippen molar-refractivity contribution in [3.63, 3.8) is 0 Å². The van der Waals surface area contributed by atoms with Crippen molar-refractivity contribution < 1.29 is 4.79 Å². The minimum Gasteiger partial charge on any atom is -0.398 e. The van der Waals surface area contributed by atoms with E-state index in [-0.39, 0.29) is 5.91 Å². The topological polar surface area (TPSA) is 55.1 Å². The van der Waals surface area contributed by atoms with Gasteiger partial charge < -0.3 is 11.1 Å². The fourth-order valence-electron chi connectivity index (χ4n) is 2.35. The fourth-order valence-corrected chi connectivity index (χ4v) is 3.29. The van der Waals surface area contributed by atoms with E-state index in [0.29, 0.717) is 11.3 Å². The highest BCUT2D eigenvalue weighted by molar-refractivity contribution is 7.17. The number of thiophene rings is 1. The third-order valence-corrected chi connectivity index (χ3v) is 4.47. The predicted molar refractivity (Wildman–Crippen MR) is 90.0 cm³/mol. The normalized spacial score (nSPS) is 10.7. The molecule has 0 aliphatic heterocycles. The maximum Gasteiger partial charge on any atom is 0.257 e. The van der Waals surface area contributed by atoms with Gasteiger partial charge in [-0.25, -0.2) is 0 Å². The lowest BCUT2D eigenvalue weighted by Crippen LogP contribution is -2.11. The number of benzene rings is 2. The lowest BCUT2D eigenvalue weighted by molar-refractivity contribution is 0.102. The second-order valence-corrected chi connectivity index (χ2v) is 5.78. The van der Waals surface area contributed by atoms with E-state index >= 15 is 0 Å². The largest absolute Gasteiger partial charge is 0.398 e. The van der Waals surface area contributed by atoms with E-state index in [2.05, 4.69) is 12.2 Å². The van der Waals surface area contributed by atoms with Crippen LogP contribution in [-0.4, -0.2) is 5.91 Å². The molecule has 3 rings (SSSR count). The molecule has 0 spiro atoms. The standard InChI is InChI=1S/C17H16N2OS/c1-2-11-7-8-12(9-15(11)18)19-17(20)14-10-21-16-6-4-3-5-13(14)16/h3-10H,2,18H2,1H3,(H,19,20). The highest BCUT2D eigenvalue weighted by atomic mass is 32.1. The molecule has 0 radical (unpaired) electrons. The number of nitrogen functional groups attached to an aromatic ring is 1. The number of nitrogens with one attached hydrogen (secondary N) is 1. The summed E-state index contributed by atoms with van der Waals surface area (Å²) in [4.78, 5) is 12.4. The van der Waals surface area contributed by atoms with E-state index in [9.17, 15) is 4.79 Å². The summed E-state index contributed by atoms with van der Waals surface area (Å²) in [5.74, 6) is -0.101. The molecule has 1 heterocycles. The highest BCUT2D eigenvalue weighted by Gasteiger charge is 2.12. The molecule has 2 aromatic carbocycles. The van der Waals surface area contributed by atoms with Crippen LogP contribution in [0.5, 0.6) is 0 Å². The summed E-state index contributed by atoms with van der Waals surface area (Å²) in [5.41, 5.74) is 9.20. The van der Waals surface area contributed by atoms with Crippen molar-refractivity contribution in [1.29, 1.82) is 0 Å². The van der Waals surface area contributed by atoms with Crippen LogP contribution in [0.15, 0.2) is 47.8 Å². The van der Waals surface area contributed by atoms with Crippen LogP contribution in [0.25, 0.3) is 10.1 Å². The molecule has 3 aromatic rings. The van der Waals surface area contributed by atoms with Crippen LogP contribution in [0.3, 0.4) is 0 Å². The van der Waals surface area contributed by atoms with Gasteiger partial charge in [0.2, 0.25) is 0 Å². The summed E-state index contributed by atoms with van der Waals surface area (Å²) < 4.78 is 1.11. The van der Waals surface area contributed by atoms with Crippen molar-refractivity contribution in [2.45, 2.75) is 13.3 Å². The number of hydrogen-bond acceptors (Lipinski definition) is 3. The van der Waals surface area contributed by atoms with Crippen molar-refractivity contribution >= 4 is 38.7 Å². The van der Waals surface area contributed by atoms with Gasteiger partial charge in [-0.15, -0.1) is 11.3 Å². The van der Waals surface area contributed by atoms with Crippen molar-refractivity contribution in [3.8, 4) is 0 Å². The van der Waals surface area contributed by atoms with Crippen LogP contribution in [0, 0.1) is 0 Å². The molecule has 1 aromatic heterocycles. The molecule has 0 bridgehead atoms. The Morgan fingerprint density at radius 2 is 2.05 bits per heavy atom. The summed E-state index contributed by atoms with van der Waals surface area (Å²) in [6.45, 7) is 2.06. The second kappa shape index (κ2) is 5.58. The Balaban J connectivity index is 1.88. The molecule has 0 fully saturated rings. The molecule has 0 aliphatic rings. The Morgan fingerprint density at radius 3 is 2.81 bits per heavy atom. The van der Waals surface area contributed by atoms with E-state index in [1.807, 2.05) is 47.8 Å². The van der Waals surface area contributed by atoms with Crippen LogP contribution in [0.2, 0.25) is 0 Å². The average molecular weight is 296 g/mol. The van der Waals surface area contributed by atoms with Crippen LogP contribution < -0.4 is 11.1 Å². The molecule has 3 N–H and O–H groups in total. The van der Waals surface area contributed by atoms with Gasteiger partial charge in [0.15, 0.2) is 0 Å². The van der Waals surface area contributed by atoms with Gasteiger partial charge in [-0.1, -0.05) is 31.2 Å². The Labute approximate surface area is 127 Å². The first kappa shape index (κ1) is 13.6. The molecular formula is C17H16N2OS. The first-order chi connectivity index (χ1) is 10.2. The summed E-state index contributed by atoms with van der Waals surface area (Å²) in [6.07, 6.45) is 0.884. The monoisotopic (exact) mass is 296 g/mol. The van der Waals surface area contributed by atoms with Gasteiger partial charge in [0, 0.05) is 26.8 Å². The highest BCUT2D eigenvalue weighted by Crippen LogP contribution is 2.27. The van der Waals surface area contributed by atoms with Gasteiger partial charge in [0.25, 0.3) is 5.91 Å². The van der Waals surface area contributed by atoms with Gasteiger partial charge >= 0.3 is 0 Å². The van der Waals surface area contributed by atoms with Crippen molar-refractivity contribution in [3.05, 3.63) is 59.0 Å². The molecule has 3 nitrogen and oxygen atoms in total.